The van der Waals surface area contributed by atoms with Crippen LogP contribution in [0.25, 0.3) is 0 Å². The van der Waals surface area contributed by atoms with E-state index >= 15 is 0 Å². The number of ether oxygens (including phenoxy) is 1. The first kappa shape index (κ1) is 7.59. The summed E-state index contributed by atoms with van der Waals surface area (Å²) in [4.78, 5) is 0. The SMILES string of the molecule is OB(O)OC1CCC=CO1. The zero-order chi connectivity index (χ0) is 7.40. The largest absolute Gasteiger partial charge is 0.636 e. The minimum Gasteiger partial charge on any atom is -0.474 e. The van der Waals surface area contributed by atoms with Crippen LogP contribution in [0.3, 0.4) is 0 Å². The summed E-state index contributed by atoms with van der Waals surface area (Å²) >= 11 is 0. The zero-order valence-corrected chi connectivity index (χ0v) is 5.43. The van der Waals surface area contributed by atoms with Crippen molar-refractivity contribution in [2.45, 2.75) is 19.1 Å². The first-order chi connectivity index (χ1) is 4.79. The Bertz CT molecular complexity index is 125. The molecule has 0 aliphatic carbocycles. The van der Waals surface area contributed by atoms with Gasteiger partial charge in [0, 0.05) is 6.42 Å². The van der Waals surface area contributed by atoms with Crippen molar-refractivity contribution in [3.8, 4) is 0 Å². The van der Waals surface area contributed by atoms with Gasteiger partial charge in [0.25, 0.3) is 0 Å². The van der Waals surface area contributed by atoms with Gasteiger partial charge in [-0.3, -0.25) is 0 Å². The Morgan fingerprint density at radius 1 is 1.60 bits per heavy atom. The topological polar surface area (TPSA) is 58.9 Å². The van der Waals surface area contributed by atoms with Gasteiger partial charge in [-0.2, -0.15) is 0 Å². The fourth-order valence-corrected chi connectivity index (χ4v) is 0.747. The highest BCUT2D eigenvalue weighted by Gasteiger charge is 2.18. The Labute approximate surface area is 59.2 Å². The molecule has 0 aromatic heterocycles. The van der Waals surface area contributed by atoms with E-state index in [4.69, 9.17) is 14.8 Å². The highest BCUT2D eigenvalue weighted by Crippen LogP contribution is 2.10. The lowest BCUT2D eigenvalue weighted by Crippen LogP contribution is -2.27. The highest BCUT2D eigenvalue weighted by molar-refractivity contribution is 6.32. The van der Waals surface area contributed by atoms with Crippen LogP contribution in [0, 0.1) is 0 Å². The number of hydrogen-bond acceptors (Lipinski definition) is 4. The number of rotatable bonds is 2. The van der Waals surface area contributed by atoms with E-state index in [-0.39, 0.29) is 0 Å². The lowest BCUT2D eigenvalue weighted by atomic mass is 10.2. The molecule has 1 rings (SSSR count). The van der Waals surface area contributed by atoms with Gasteiger partial charge in [0.1, 0.15) is 0 Å². The number of allylic oxidation sites excluding steroid dienone is 1. The summed E-state index contributed by atoms with van der Waals surface area (Å²) in [5, 5.41) is 16.7. The summed E-state index contributed by atoms with van der Waals surface area (Å²) in [5.41, 5.74) is 0. The fraction of sp³-hybridized carbons (Fsp3) is 0.600. The third kappa shape index (κ3) is 2.39. The Morgan fingerprint density at radius 3 is 2.90 bits per heavy atom. The van der Waals surface area contributed by atoms with Gasteiger partial charge >= 0.3 is 7.32 Å². The molecule has 0 bridgehead atoms. The lowest BCUT2D eigenvalue weighted by Gasteiger charge is -2.18. The maximum Gasteiger partial charge on any atom is 0.636 e. The third-order valence-electron chi connectivity index (χ3n) is 1.17. The van der Waals surface area contributed by atoms with E-state index < -0.39 is 13.6 Å². The predicted molar refractivity (Wildman–Crippen MR) is 34.5 cm³/mol. The Hall–Kier alpha value is -0.515. The molecule has 0 saturated heterocycles. The van der Waals surface area contributed by atoms with Crippen LogP contribution in [-0.2, 0) is 9.39 Å². The summed E-state index contributed by atoms with van der Waals surface area (Å²) < 4.78 is 9.39. The van der Waals surface area contributed by atoms with Gasteiger partial charge < -0.3 is 19.4 Å². The average Bonchev–Trinajstić information content (AvgIpc) is 1.88. The van der Waals surface area contributed by atoms with E-state index in [2.05, 4.69) is 4.65 Å². The monoisotopic (exact) mass is 144 g/mol. The molecule has 2 N–H and O–H groups in total. The summed E-state index contributed by atoms with van der Waals surface area (Å²) in [6.07, 6.45) is 4.34. The minimum absolute atomic E-state index is 0.509. The van der Waals surface area contributed by atoms with E-state index in [0.29, 0.717) is 6.42 Å². The van der Waals surface area contributed by atoms with Crippen molar-refractivity contribution in [3.63, 3.8) is 0 Å². The molecule has 0 aromatic carbocycles. The minimum atomic E-state index is -1.74. The molecule has 1 unspecified atom stereocenters. The van der Waals surface area contributed by atoms with Crippen molar-refractivity contribution in [2.75, 3.05) is 0 Å². The van der Waals surface area contributed by atoms with Crippen LogP contribution in [0.5, 0.6) is 0 Å². The van der Waals surface area contributed by atoms with Gasteiger partial charge in [-0.05, 0) is 12.5 Å². The Kier molecular flexibility index (Phi) is 2.74. The first-order valence-electron chi connectivity index (χ1n) is 3.11. The molecular weight excluding hydrogens is 135 g/mol. The smallest absolute Gasteiger partial charge is 0.474 e. The Balaban J connectivity index is 2.22. The third-order valence-corrected chi connectivity index (χ3v) is 1.17. The predicted octanol–water partition coefficient (Wildman–Crippen LogP) is -0.377. The van der Waals surface area contributed by atoms with Crippen molar-refractivity contribution >= 4 is 7.32 Å². The molecule has 5 heteroatoms. The van der Waals surface area contributed by atoms with E-state index in [1.807, 2.05) is 6.08 Å². The van der Waals surface area contributed by atoms with Crippen LogP contribution in [0.2, 0.25) is 0 Å². The summed E-state index contributed by atoms with van der Waals surface area (Å²) in [5.74, 6) is 0. The van der Waals surface area contributed by atoms with E-state index in [1.54, 1.807) is 0 Å². The average molecular weight is 144 g/mol. The second-order valence-electron chi connectivity index (χ2n) is 1.98. The van der Waals surface area contributed by atoms with Gasteiger partial charge in [-0.1, -0.05) is 0 Å². The van der Waals surface area contributed by atoms with Crippen LogP contribution in [0.4, 0.5) is 0 Å². The standard InChI is InChI=1S/C5H9BO4/c7-6(8)10-5-3-1-2-4-9-5/h2,4-5,7-8H,1,3H2. The summed E-state index contributed by atoms with van der Waals surface area (Å²) in [6.45, 7) is 0. The molecule has 0 fully saturated rings. The first-order valence-corrected chi connectivity index (χ1v) is 3.11. The van der Waals surface area contributed by atoms with Gasteiger partial charge in [0.15, 0.2) is 6.29 Å². The van der Waals surface area contributed by atoms with Gasteiger partial charge in [-0.25, -0.2) is 0 Å². The molecule has 1 atom stereocenters. The fourth-order valence-electron chi connectivity index (χ4n) is 0.747. The zero-order valence-electron chi connectivity index (χ0n) is 5.43. The molecule has 0 amide bonds. The van der Waals surface area contributed by atoms with Crippen molar-refractivity contribution in [2.24, 2.45) is 0 Å². The molecule has 1 aliphatic heterocycles. The van der Waals surface area contributed by atoms with Crippen molar-refractivity contribution in [1.29, 1.82) is 0 Å². The van der Waals surface area contributed by atoms with Crippen molar-refractivity contribution in [3.05, 3.63) is 12.3 Å². The van der Waals surface area contributed by atoms with E-state index in [0.717, 1.165) is 6.42 Å². The Morgan fingerprint density at radius 2 is 2.40 bits per heavy atom. The second-order valence-corrected chi connectivity index (χ2v) is 1.98. The van der Waals surface area contributed by atoms with E-state index in [1.165, 1.54) is 6.26 Å². The molecule has 10 heavy (non-hydrogen) atoms. The van der Waals surface area contributed by atoms with Crippen molar-refractivity contribution < 1.29 is 19.4 Å². The van der Waals surface area contributed by atoms with Gasteiger partial charge in [-0.15, -0.1) is 0 Å². The molecule has 56 valence electrons. The molecular formula is C5H9BO4. The quantitative estimate of drug-likeness (QED) is 0.518. The molecule has 0 aromatic rings. The normalized spacial score (nSPS) is 24.0. The van der Waals surface area contributed by atoms with Gasteiger partial charge in [0.05, 0.1) is 6.26 Å². The van der Waals surface area contributed by atoms with Crippen LogP contribution >= 0.6 is 0 Å². The van der Waals surface area contributed by atoms with Crippen LogP contribution in [0.15, 0.2) is 12.3 Å². The maximum atomic E-state index is 8.33. The molecule has 1 aliphatic rings. The lowest BCUT2D eigenvalue weighted by molar-refractivity contribution is -0.0674. The maximum absolute atomic E-state index is 8.33. The summed E-state index contributed by atoms with van der Waals surface area (Å²) in [7, 11) is -1.74. The molecule has 0 saturated carbocycles. The summed E-state index contributed by atoms with van der Waals surface area (Å²) in [6, 6.07) is 0. The van der Waals surface area contributed by atoms with Crippen molar-refractivity contribution in [1.82, 2.24) is 0 Å². The van der Waals surface area contributed by atoms with Crippen LogP contribution in [0.1, 0.15) is 12.8 Å². The van der Waals surface area contributed by atoms with Crippen LogP contribution < -0.4 is 0 Å². The van der Waals surface area contributed by atoms with Crippen LogP contribution in [-0.4, -0.2) is 23.7 Å². The van der Waals surface area contributed by atoms with Gasteiger partial charge in [0.2, 0.25) is 0 Å². The highest BCUT2D eigenvalue weighted by atomic mass is 16.7. The molecule has 1 heterocycles. The molecule has 0 spiro atoms. The number of hydrogen-bond donors (Lipinski definition) is 2. The second kappa shape index (κ2) is 3.60. The van der Waals surface area contributed by atoms with E-state index in [9.17, 15) is 0 Å². The molecule has 0 radical (unpaired) electrons. The molecule has 4 nitrogen and oxygen atoms in total.